The molecule has 0 saturated heterocycles. The summed E-state index contributed by atoms with van der Waals surface area (Å²) in [6.07, 6.45) is 1.32. The summed E-state index contributed by atoms with van der Waals surface area (Å²) in [5.74, 6) is -1.83. The summed E-state index contributed by atoms with van der Waals surface area (Å²) in [4.78, 5) is -0.403. The Morgan fingerprint density at radius 2 is 1.57 bits per heavy atom. The van der Waals surface area contributed by atoms with Crippen molar-refractivity contribution >= 4 is 10.0 Å². The summed E-state index contributed by atoms with van der Waals surface area (Å²) in [7, 11) is -3.89. The summed E-state index contributed by atoms with van der Waals surface area (Å²) in [6.45, 7) is 0.204. The highest BCUT2D eigenvalue weighted by Crippen LogP contribution is 2.13. The Morgan fingerprint density at radius 3 is 2.19 bits per heavy atom. The zero-order valence-corrected chi connectivity index (χ0v) is 12.0. The third-order valence-corrected chi connectivity index (χ3v) is 4.36. The van der Waals surface area contributed by atoms with Gasteiger partial charge in [0.25, 0.3) is 0 Å². The first-order valence-electron chi connectivity index (χ1n) is 6.47. The minimum absolute atomic E-state index is 0.204. The fourth-order valence-corrected chi connectivity index (χ4v) is 3.03. The second-order valence-electron chi connectivity index (χ2n) is 4.59. The van der Waals surface area contributed by atoms with Crippen molar-refractivity contribution in [3.05, 3.63) is 65.7 Å². The summed E-state index contributed by atoms with van der Waals surface area (Å²) in [5, 5.41) is 0. The van der Waals surface area contributed by atoms with Gasteiger partial charge in [-0.3, -0.25) is 0 Å². The van der Waals surface area contributed by atoms with Crippen LogP contribution in [0.4, 0.5) is 8.78 Å². The standard InChI is InChI=1S/C15H15F2NO2S/c16-13-9-14(17)11-15(10-13)21(19,20)18-8-4-7-12-5-2-1-3-6-12/h1-3,5-6,9-11,18H,4,7-8H2. The van der Waals surface area contributed by atoms with Crippen molar-refractivity contribution < 1.29 is 17.2 Å². The molecule has 0 aromatic heterocycles. The van der Waals surface area contributed by atoms with Gasteiger partial charge in [0, 0.05) is 12.6 Å². The second-order valence-corrected chi connectivity index (χ2v) is 6.36. The molecular weight excluding hydrogens is 296 g/mol. The summed E-state index contributed by atoms with van der Waals surface area (Å²) < 4.78 is 52.2. The Balaban J connectivity index is 1.92. The fraction of sp³-hybridized carbons (Fsp3) is 0.200. The maximum atomic E-state index is 13.0. The number of nitrogens with one attached hydrogen (secondary N) is 1. The smallest absolute Gasteiger partial charge is 0.211 e. The van der Waals surface area contributed by atoms with E-state index in [4.69, 9.17) is 0 Å². The molecule has 2 aromatic rings. The quantitative estimate of drug-likeness (QED) is 0.834. The molecule has 0 unspecified atom stereocenters. The van der Waals surface area contributed by atoms with Gasteiger partial charge in [-0.15, -0.1) is 0 Å². The SMILES string of the molecule is O=S(=O)(NCCCc1ccccc1)c1cc(F)cc(F)c1. The van der Waals surface area contributed by atoms with Gasteiger partial charge in [0.15, 0.2) is 0 Å². The van der Waals surface area contributed by atoms with Gasteiger partial charge >= 0.3 is 0 Å². The number of hydrogen-bond acceptors (Lipinski definition) is 2. The lowest BCUT2D eigenvalue weighted by Crippen LogP contribution is -2.25. The highest BCUT2D eigenvalue weighted by molar-refractivity contribution is 7.89. The van der Waals surface area contributed by atoms with Crippen LogP contribution < -0.4 is 4.72 Å². The van der Waals surface area contributed by atoms with Crippen LogP contribution in [0.2, 0.25) is 0 Å². The maximum absolute atomic E-state index is 13.0. The fourth-order valence-electron chi connectivity index (χ4n) is 1.91. The van der Waals surface area contributed by atoms with E-state index in [-0.39, 0.29) is 6.54 Å². The van der Waals surface area contributed by atoms with E-state index in [0.29, 0.717) is 12.5 Å². The van der Waals surface area contributed by atoms with Gasteiger partial charge in [0.1, 0.15) is 11.6 Å². The van der Waals surface area contributed by atoms with Crippen molar-refractivity contribution in [2.45, 2.75) is 17.7 Å². The first-order valence-corrected chi connectivity index (χ1v) is 7.95. The molecule has 0 amide bonds. The van der Waals surface area contributed by atoms with Crippen LogP contribution in [0.25, 0.3) is 0 Å². The van der Waals surface area contributed by atoms with E-state index in [1.54, 1.807) is 0 Å². The zero-order valence-electron chi connectivity index (χ0n) is 11.2. The highest BCUT2D eigenvalue weighted by atomic mass is 32.2. The van der Waals surface area contributed by atoms with Gasteiger partial charge < -0.3 is 0 Å². The average Bonchev–Trinajstić information content (AvgIpc) is 2.44. The molecule has 0 radical (unpaired) electrons. The van der Waals surface area contributed by atoms with E-state index in [1.165, 1.54) is 0 Å². The molecule has 1 N–H and O–H groups in total. The van der Waals surface area contributed by atoms with Crippen LogP contribution in [-0.4, -0.2) is 15.0 Å². The van der Waals surface area contributed by atoms with E-state index >= 15 is 0 Å². The molecule has 0 fully saturated rings. The van der Waals surface area contributed by atoms with Crippen molar-refractivity contribution in [3.8, 4) is 0 Å². The molecule has 0 aliphatic carbocycles. The lowest BCUT2D eigenvalue weighted by molar-refractivity contribution is 0.560. The van der Waals surface area contributed by atoms with Crippen LogP contribution in [0.3, 0.4) is 0 Å². The Labute approximate surface area is 122 Å². The Kier molecular flexibility index (Phi) is 5.03. The van der Waals surface area contributed by atoms with Crippen LogP contribution >= 0.6 is 0 Å². The minimum atomic E-state index is -3.89. The Morgan fingerprint density at radius 1 is 0.952 bits per heavy atom. The number of sulfonamides is 1. The van der Waals surface area contributed by atoms with Gasteiger partial charge in [-0.05, 0) is 30.5 Å². The van der Waals surface area contributed by atoms with E-state index in [2.05, 4.69) is 4.72 Å². The topological polar surface area (TPSA) is 46.2 Å². The summed E-state index contributed by atoms with van der Waals surface area (Å²) >= 11 is 0. The van der Waals surface area contributed by atoms with Crippen molar-refractivity contribution in [2.75, 3.05) is 6.54 Å². The second kappa shape index (κ2) is 6.78. The Bertz CT molecular complexity index is 683. The van der Waals surface area contributed by atoms with Crippen molar-refractivity contribution in [3.63, 3.8) is 0 Å². The van der Waals surface area contributed by atoms with Gasteiger partial charge in [-0.1, -0.05) is 30.3 Å². The van der Waals surface area contributed by atoms with Crippen LogP contribution in [0.15, 0.2) is 53.4 Å². The molecule has 6 heteroatoms. The summed E-state index contributed by atoms with van der Waals surface area (Å²) in [6, 6.07) is 11.9. The molecule has 2 aromatic carbocycles. The van der Waals surface area contributed by atoms with E-state index in [0.717, 1.165) is 24.1 Å². The lowest BCUT2D eigenvalue weighted by atomic mass is 10.1. The number of benzene rings is 2. The average molecular weight is 311 g/mol. The molecule has 0 aliphatic heterocycles. The van der Waals surface area contributed by atoms with Crippen molar-refractivity contribution in [1.82, 2.24) is 4.72 Å². The third kappa shape index (κ3) is 4.61. The number of rotatable bonds is 6. The van der Waals surface area contributed by atoms with Crippen molar-refractivity contribution in [2.24, 2.45) is 0 Å². The van der Waals surface area contributed by atoms with E-state index in [1.807, 2.05) is 30.3 Å². The lowest BCUT2D eigenvalue weighted by Gasteiger charge is -2.07. The maximum Gasteiger partial charge on any atom is 0.240 e. The van der Waals surface area contributed by atoms with Gasteiger partial charge in [0.2, 0.25) is 10.0 Å². The molecule has 0 saturated carbocycles. The summed E-state index contributed by atoms with van der Waals surface area (Å²) in [5.41, 5.74) is 1.11. The number of halogens is 2. The number of aryl methyl sites for hydroxylation is 1. The largest absolute Gasteiger partial charge is 0.240 e. The molecule has 0 atom stereocenters. The molecule has 21 heavy (non-hydrogen) atoms. The third-order valence-electron chi connectivity index (χ3n) is 2.92. The molecular formula is C15H15F2NO2S. The monoisotopic (exact) mass is 311 g/mol. The first-order chi connectivity index (χ1) is 9.97. The van der Waals surface area contributed by atoms with Crippen LogP contribution in [0.1, 0.15) is 12.0 Å². The minimum Gasteiger partial charge on any atom is -0.211 e. The highest BCUT2D eigenvalue weighted by Gasteiger charge is 2.15. The molecule has 0 bridgehead atoms. The first kappa shape index (κ1) is 15.6. The van der Waals surface area contributed by atoms with Crippen LogP contribution in [-0.2, 0) is 16.4 Å². The molecule has 2 rings (SSSR count). The molecule has 0 heterocycles. The van der Waals surface area contributed by atoms with Crippen LogP contribution in [0.5, 0.6) is 0 Å². The van der Waals surface area contributed by atoms with Crippen molar-refractivity contribution in [1.29, 1.82) is 0 Å². The molecule has 0 spiro atoms. The van der Waals surface area contributed by atoms with Crippen LogP contribution in [0, 0.1) is 11.6 Å². The normalized spacial score (nSPS) is 11.5. The molecule has 112 valence electrons. The van der Waals surface area contributed by atoms with E-state index < -0.39 is 26.6 Å². The predicted octanol–water partition coefficient (Wildman–Crippen LogP) is 2.88. The van der Waals surface area contributed by atoms with Gasteiger partial charge in [-0.25, -0.2) is 21.9 Å². The molecule has 0 aliphatic rings. The predicted molar refractivity (Wildman–Crippen MR) is 76.3 cm³/mol. The number of hydrogen-bond donors (Lipinski definition) is 1. The Hall–Kier alpha value is -1.79. The van der Waals surface area contributed by atoms with E-state index in [9.17, 15) is 17.2 Å². The van der Waals surface area contributed by atoms with Gasteiger partial charge in [0.05, 0.1) is 4.90 Å². The van der Waals surface area contributed by atoms with Gasteiger partial charge in [-0.2, -0.15) is 0 Å². The zero-order chi connectivity index (χ0) is 15.3. The molecule has 3 nitrogen and oxygen atoms in total.